The van der Waals surface area contributed by atoms with E-state index in [9.17, 15) is 5.11 Å². The molecule has 1 aliphatic heterocycles. The Morgan fingerprint density at radius 2 is 1.48 bits per heavy atom. The van der Waals surface area contributed by atoms with Gasteiger partial charge in [-0.1, -0.05) is 60.7 Å². The minimum Gasteiger partial charge on any atom is -0.390 e. The summed E-state index contributed by atoms with van der Waals surface area (Å²) < 4.78 is 5.87. The van der Waals surface area contributed by atoms with Crippen molar-refractivity contribution in [2.45, 2.75) is 37.9 Å². The lowest BCUT2D eigenvalue weighted by Crippen LogP contribution is -2.49. The minimum absolute atomic E-state index is 0.0150. The second kappa shape index (κ2) is 6.10. The molecule has 1 aliphatic carbocycles. The Hall–Kier alpha value is -1.64. The lowest BCUT2D eigenvalue weighted by atomic mass is 9.62. The van der Waals surface area contributed by atoms with Crippen molar-refractivity contribution in [2.24, 2.45) is 11.3 Å². The zero-order valence-electron chi connectivity index (χ0n) is 13.4. The van der Waals surface area contributed by atoms with Crippen LogP contribution in [0, 0.1) is 11.3 Å². The normalized spacial score (nSPS) is 28.7. The molecule has 120 valence electrons. The molecule has 0 amide bonds. The molecule has 1 saturated heterocycles. The Morgan fingerprint density at radius 3 is 2.04 bits per heavy atom. The van der Waals surface area contributed by atoms with E-state index >= 15 is 0 Å². The van der Waals surface area contributed by atoms with Gasteiger partial charge < -0.3 is 9.84 Å². The van der Waals surface area contributed by atoms with Crippen LogP contribution in [-0.4, -0.2) is 23.9 Å². The van der Waals surface area contributed by atoms with Crippen molar-refractivity contribution in [2.75, 3.05) is 6.61 Å². The summed E-state index contributed by atoms with van der Waals surface area (Å²) in [4.78, 5) is 0. The molecule has 1 N–H and O–H groups in total. The lowest BCUT2D eigenvalue weighted by molar-refractivity contribution is -0.0806. The number of fused-ring (bicyclic) bond motifs is 2. The highest BCUT2D eigenvalue weighted by atomic mass is 16.5. The Kier molecular flexibility index (Phi) is 3.96. The quantitative estimate of drug-likeness (QED) is 0.934. The van der Waals surface area contributed by atoms with Crippen LogP contribution in [0.3, 0.4) is 0 Å². The fraction of sp³-hybridized carbons (Fsp3) is 0.429. The highest BCUT2D eigenvalue weighted by molar-refractivity contribution is 5.23. The van der Waals surface area contributed by atoms with E-state index in [1.165, 1.54) is 11.1 Å². The molecule has 2 heteroatoms. The molecule has 0 spiro atoms. The maximum Gasteiger partial charge on any atom is 0.0864 e. The number of hydrogen-bond donors (Lipinski definition) is 1. The first-order valence-electron chi connectivity index (χ1n) is 8.63. The van der Waals surface area contributed by atoms with Gasteiger partial charge in [0.15, 0.2) is 0 Å². The molecule has 1 heterocycles. The van der Waals surface area contributed by atoms with E-state index in [4.69, 9.17) is 4.74 Å². The van der Waals surface area contributed by atoms with Gasteiger partial charge >= 0.3 is 0 Å². The van der Waals surface area contributed by atoms with E-state index in [-0.39, 0.29) is 17.6 Å². The molecule has 0 unspecified atom stereocenters. The van der Waals surface area contributed by atoms with E-state index in [0.29, 0.717) is 5.92 Å². The molecule has 0 radical (unpaired) electrons. The molecule has 1 saturated carbocycles. The lowest BCUT2D eigenvalue weighted by Gasteiger charge is -2.44. The van der Waals surface area contributed by atoms with Crippen LogP contribution in [0.1, 0.15) is 24.0 Å². The van der Waals surface area contributed by atoms with Gasteiger partial charge in [0.25, 0.3) is 0 Å². The van der Waals surface area contributed by atoms with Crippen molar-refractivity contribution in [3.05, 3.63) is 71.8 Å². The van der Waals surface area contributed by atoms with E-state index in [1.807, 2.05) is 0 Å². The molecular weight excluding hydrogens is 284 g/mol. The van der Waals surface area contributed by atoms with Gasteiger partial charge in [0.05, 0.1) is 18.8 Å². The average molecular weight is 308 g/mol. The number of aliphatic hydroxyl groups excluding tert-OH is 1. The van der Waals surface area contributed by atoms with Gasteiger partial charge in [0, 0.05) is 5.41 Å². The summed E-state index contributed by atoms with van der Waals surface area (Å²) in [5.74, 6) is 0.593. The van der Waals surface area contributed by atoms with Crippen LogP contribution >= 0.6 is 0 Å². The summed E-state index contributed by atoms with van der Waals surface area (Å²) >= 11 is 0. The monoisotopic (exact) mass is 308 g/mol. The highest BCUT2D eigenvalue weighted by Gasteiger charge is 2.51. The molecule has 0 aromatic heterocycles. The molecule has 2 aromatic carbocycles. The summed E-state index contributed by atoms with van der Waals surface area (Å²) in [7, 11) is 0. The maximum atomic E-state index is 11.1. The van der Waals surface area contributed by atoms with Gasteiger partial charge in [-0.3, -0.25) is 0 Å². The van der Waals surface area contributed by atoms with E-state index in [1.54, 1.807) is 0 Å². The number of hydrogen-bond acceptors (Lipinski definition) is 2. The first-order chi connectivity index (χ1) is 11.3. The van der Waals surface area contributed by atoms with Crippen molar-refractivity contribution >= 4 is 0 Å². The largest absolute Gasteiger partial charge is 0.390 e. The van der Waals surface area contributed by atoms with E-state index in [0.717, 1.165) is 32.3 Å². The minimum atomic E-state index is -0.387. The number of benzene rings is 2. The first kappa shape index (κ1) is 14.9. The van der Waals surface area contributed by atoms with Gasteiger partial charge in [0.2, 0.25) is 0 Å². The molecule has 2 bridgehead atoms. The Morgan fingerprint density at radius 1 is 0.913 bits per heavy atom. The number of rotatable bonds is 4. The molecular formula is C21H24O2. The van der Waals surface area contributed by atoms with Gasteiger partial charge in [-0.05, 0) is 42.7 Å². The average Bonchev–Trinajstić information content (AvgIpc) is 2.99. The summed E-state index contributed by atoms with van der Waals surface area (Å²) in [6, 6.07) is 21.2. The zero-order valence-corrected chi connectivity index (χ0v) is 13.4. The van der Waals surface area contributed by atoms with E-state index < -0.39 is 0 Å². The van der Waals surface area contributed by atoms with Gasteiger partial charge in [-0.15, -0.1) is 0 Å². The Balaban J connectivity index is 1.68. The van der Waals surface area contributed by atoms with Crippen molar-refractivity contribution in [3.8, 4) is 0 Å². The summed E-state index contributed by atoms with van der Waals surface area (Å²) in [6.07, 6.45) is 3.53. The fourth-order valence-corrected chi connectivity index (χ4v) is 4.60. The van der Waals surface area contributed by atoms with Crippen molar-refractivity contribution in [1.29, 1.82) is 0 Å². The SMILES string of the molecule is O[C@@H]1[C@H]2C[C@H](CO2)CC1(Cc1ccccc1)Cc1ccccc1. The van der Waals surface area contributed by atoms with Crippen LogP contribution in [0.15, 0.2) is 60.7 Å². The second-order valence-corrected chi connectivity index (χ2v) is 7.31. The molecule has 23 heavy (non-hydrogen) atoms. The van der Waals surface area contributed by atoms with Crippen LogP contribution in [-0.2, 0) is 17.6 Å². The molecule has 2 aliphatic rings. The van der Waals surface area contributed by atoms with Crippen LogP contribution in [0.2, 0.25) is 0 Å². The molecule has 4 rings (SSSR count). The van der Waals surface area contributed by atoms with Crippen LogP contribution in [0.4, 0.5) is 0 Å². The van der Waals surface area contributed by atoms with Crippen LogP contribution in [0.25, 0.3) is 0 Å². The zero-order chi connectivity index (χ0) is 15.7. The number of ether oxygens (including phenoxy) is 1. The van der Waals surface area contributed by atoms with Crippen LogP contribution in [0.5, 0.6) is 0 Å². The molecule has 2 nitrogen and oxygen atoms in total. The van der Waals surface area contributed by atoms with Gasteiger partial charge in [-0.2, -0.15) is 0 Å². The molecule has 3 atom stereocenters. The van der Waals surface area contributed by atoms with Gasteiger partial charge in [-0.25, -0.2) is 0 Å². The van der Waals surface area contributed by atoms with Crippen molar-refractivity contribution in [3.63, 3.8) is 0 Å². The summed E-state index contributed by atoms with van der Waals surface area (Å²) in [5, 5.41) is 11.1. The standard InChI is InChI=1S/C21H24O2/c22-20-19-11-18(15-23-19)14-21(20,12-16-7-3-1-4-8-16)13-17-9-5-2-6-10-17/h1-10,18-20,22H,11-15H2/t18-,19+,20+/m0/s1. The highest BCUT2D eigenvalue weighted by Crippen LogP contribution is 2.48. The predicted octanol–water partition coefficient (Wildman–Crippen LogP) is 3.63. The Labute approximate surface area is 138 Å². The second-order valence-electron chi connectivity index (χ2n) is 7.31. The predicted molar refractivity (Wildman–Crippen MR) is 91.2 cm³/mol. The maximum absolute atomic E-state index is 11.1. The Bertz CT molecular complexity index is 596. The van der Waals surface area contributed by atoms with Crippen molar-refractivity contribution in [1.82, 2.24) is 0 Å². The molecule has 2 aromatic rings. The molecule has 2 fully saturated rings. The van der Waals surface area contributed by atoms with Gasteiger partial charge in [0.1, 0.15) is 0 Å². The third-order valence-corrected chi connectivity index (χ3v) is 5.58. The smallest absolute Gasteiger partial charge is 0.0864 e. The first-order valence-corrected chi connectivity index (χ1v) is 8.63. The fourth-order valence-electron chi connectivity index (χ4n) is 4.60. The topological polar surface area (TPSA) is 29.5 Å². The summed E-state index contributed by atoms with van der Waals surface area (Å²) in [5.41, 5.74) is 2.50. The number of aliphatic hydroxyl groups is 1. The third-order valence-electron chi connectivity index (χ3n) is 5.58. The van der Waals surface area contributed by atoms with E-state index in [2.05, 4.69) is 60.7 Å². The summed E-state index contributed by atoms with van der Waals surface area (Å²) in [6.45, 7) is 0.813. The third kappa shape index (κ3) is 2.93. The van der Waals surface area contributed by atoms with Crippen LogP contribution < -0.4 is 0 Å². The van der Waals surface area contributed by atoms with Crippen molar-refractivity contribution < 1.29 is 9.84 Å².